The lowest BCUT2D eigenvalue weighted by Crippen LogP contribution is -1.94. The van der Waals surface area contributed by atoms with Gasteiger partial charge in [-0.2, -0.15) is 0 Å². The van der Waals surface area contributed by atoms with E-state index in [2.05, 4.69) is 47.8 Å². The smallest absolute Gasteiger partial charge is 0.228 e. The molecule has 1 nitrogen and oxygen atoms in total. The first-order valence-electron chi connectivity index (χ1n) is 3.19. The molecule has 0 spiro atoms. The van der Waals surface area contributed by atoms with Gasteiger partial charge in [0.25, 0.3) is 0 Å². The van der Waals surface area contributed by atoms with Crippen LogP contribution in [0, 0.1) is 0 Å². The maximum absolute atomic E-state index is 11.1. The van der Waals surface area contributed by atoms with Crippen molar-refractivity contribution >= 4 is 52.5 Å². The second kappa shape index (κ2) is 4.53. The van der Waals surface area contributed by atoms with Crippen LogP contribution in [0.15, 0.2) is 22.7 Å². The summed E-state index contributed by atoms with van der Waals surface area (Å²) in [6, 6.07) is 5.62. The molecule has 1 aromatic rings. The van der Waals surface area contributed by atoms with Crippen molar-refractivity contribution in [3.05, 3.63) is 33.8 Å². The standard InChI is InChI=1S/C8H5Br3O/c9-4-5-1-2-6(10)3-7(5)8(11)12/h1-3H,4H2. The normalized spacial score (nSPS) is 9.92. The highest BCUT2D eigenvalue weighted by Crippen LogP contribution is 2.20. The number of rotatable bonds is 2. The number of alkyl halides is 1. The topological polar surface area (TPSA) is 17.1 Å². The Morgan fingerprint density at radius 2 is 2.08 bits per heavy atom. The third-order valence-electron chi connectivity index (χ3n) is 1.43. The van der Waals surface area contributed by atoms with Gasteiger partial charge in [-0.15, -0.1) is 0 Å². The fourth-order valence-corrected chi connectivity index (χ4v) is 2.07. The molecule has 1 rings (SSSR count). The maximum atomic E-state index is 11.1. The Bertz CT molecular complexity index is 309. The molecule has 0 unspecified atom stereocenters. The van der Waals surface area contributed by atoms with Gasteiger partial charge in [-0.3, -0.25) is 4.79 Å². The third-order valence-corrected chi connectivity index (χ3v) is 2.95. The quantitative estimate of drug-likeness (QED) is 0.580. The first kappa shape index (κ1) is 10.4. The Hall–Kier alpha value is 0.330. The van der Waals surface area contributed by atoms with Gasteiger partial charge < -0.3 is 0 Å². The third kappa shape index (κ3) is 2.41. The molecule has 0 fully saturated rings. The van der Waals surface area contributed by atoms with E-state index in [1.54, 1.807) is 6.07 Å². The molecule has 0 aliphatic carbocycles. The summed E-state index contributed by atoms with van der Waals surface area (Å²) in [6.07, 6.45) is 0. The van der Waals surface area contributed by atoms with Gasteiger partial charge >= 0.3 is 0 Å². The molecular weight excluding hydrogens is 352 g/mol. The highest BCUT2D eigenvalue weighted by Gasteiger charge is 2.07. The molecule has 1 aromatic carbocycles. The zero-order valence-corrected chi connectivity index (χ0v) is 10.7. The van der Waals surface area contributed by atoms with Crippen LogP contribution < -0.4 is 0 Å². The molecule has 0 heterocycles. The van der Waals surface area contributed by atoms with Crippen LogP contribution >= 0.6 is 47.8 Å². The Morgan fingerprint density at radius 3 is 2.58 bits per heavy atom. The SMILES string of the molecule is O=C(Br)c1cc(Br)ccc1CBr. The molecule has 0 N–H and O–H groups in total. The van der Waals surface area contributed by atoms with Crippen LogP contribution in [-0.2, 0) is 5.33 Å². The number of hydrogen-bond donors (Lipinski definition) is 0. The van der Waals surface area contributed by atoms with Crippen molar-refractivity contribution in [1.29, 1.82) is 0 Å². The summed E-state index contributed by atoms with van der Waals surface area (Å²) in [5.41, 5.74) is 1.68. The van der Waals surface area contributed by atoms with Crippen molar-refractivity contribution in [1.82, 2.24) is 0 Å². The number of carbonyl (C=O) groups is 1. The molecule has 0 saturated carbocycles. The van der Waals surface area contributed by atoms with E-state index < -0.39 is 0 Å². The van der Waals surface area contributed by atoms with Gasteiger partial charge in [-0.05, 0) is 33.6 Å². The molecule has 64 valence electrons. The van der Waals surface area contributed by atoms with Crippen molar-refractivity contribution in [3.63, 3.8) is 0 Å². The number of halogens is 3. The molecule has 0 amide bonds. The van der Waals surface area contributed by atoms with E-state index in [9.17, 15) is 4.79 Å². The zero-order chi connectivity index (χ0) is 9.14. The molecule has 0 atom stereocenters. The summed E-state index contributed by atoms with van der Waals surface area (Å²) < 4.78 is 0.827. The van der Waals surface area contributed by atoms with Crippen LogP contribution in [0.25, 0.3) is 0 Å². The van der Waals surface area contributed by atoms with Crippen molar-refractivity contribution in [2.45, 2.75) is 5.33 Å². The molecule has 4 heteroatoms. The minimum absolute atomic E-state index is 0.0850. The lowest BCUT2D eigenvalue weighted by atomic mass is 10.1. The van der Waals surface area contributed by atoms with E-state index in [4.69, 9.17) is 0 Å². The van der Waals surface area contributed by atoms with Crippen molar-refractivity contribution in [2.24, 2.45) is 0 Å². The summed E-state index contributed by atoms with van der Waals surface area (Å²) >= 11 is 9.55. The summed E-state index contributed by atoms with van der Waals surface area (Å²) in [7, 11) is 0. The molecule has 0 aliphatic heterocycles. The predicted molar refractivity (Wildman–Crippen MR) is 60.0 cm³/mol. The van der Waals surface area contributed by atoms with Crippen LogP contribution in [0.4, 0.5) is 0 Å². The van der Waals surface area contributed by atoms with E-state index in [1.165, 1.54) is 0 Å². The Kier molecular flexibility index (Phi) is 3.93. The molecular formula is C8H5Br3O. The minimum Gasteiger partial charge on any atom is -0.281 e. The van der Waals surface area contributed by atoms with E-state index >= 15 is 0 Å². The summed E-state index contributed by atoms with van der Waals surface area (Å²) in [6.45, 7) is 0. The molecule has 0 aromatic heterocycles. The lowest BCUT2D eigenvalue weighted by molar-refractivity contribution is 0.109. The first-order valence-corrected chi connectivity index (χ1v) is 5.90. The van der Waals surface area contributed by atoms with Crippen molar-refractivity contribution in [2.75, 3.05) is 0 Å². The van der Waals surface area contributed by atoms with Gasteiger partial charge in [0.05, 0.1) is 0 Å². The summed E-state index contributed by atoms with van der Waals surface area (Å²) in [5, 5.41) is 0.687. The molecule has 0 saturated heterocycles. The van der Waals surface area contributed by atoms with Crippen LogP contribution in [0.5, 0.6) is 0 Å². The highest BCUT2D eigenvalue weighted by atomic mass is 79.9. The van der Waals surface area contributed by atoms with Gasteiger partial charge in [-0.1, -0.05) is 37.9 Å². The Balaban J connectivity index is 3.21. The van der Waals surface area contributed by atoms with Crippen LogP contribution in [-0.4, -0.2) is 4.69 Å². The fourth-order valence-electron chi connectivity index (χ4n) is 0.848. The lowest BCUT2D eigenvalue weighted by Gasteiger charge is -2.02. The number of carbonyl (C=O) groups excluding carboxylic acids is 1. The van der Waals surface area contributed by atoms with Gasteiger partial charge in [0.15, 0.2) is 0 Å². The van der Waals surface area contributed by atoms with E-state index in [-0.39, 0.29) is 4.69 Å². The van der Waals surface area contributed by atoms with E-state index in [1.807, 2.05) is 12.1 Å². The predicted octanol–water partition coefficient (Wildman–Crippen LogP) is 3.88. The summed E-state index contributed by atoms with van der Waals surface area (Å²) in [4.78, 5) is 11.1. The zero-order valence-electron chi connectivity index (χ0n) is 5.98. The van der Waals surface area contributed by atoms with Crippen LogP contribution in [0.2, 0.25) is 0 Å². The maximum Gasteiger partial charge on any atom is 0.228 e. The largest absolute Gasteiger partial charge is 0.281 e. The Labute approximate surface area is 95.9 Å². The molecule has 0 bridgehead atoms. The molecule has 0 radical (unpaired) electrons. The average molecular weight is 357 g/mol. The van der Waals surface area contributed by atoms with E-state index in [0.29, 0.717) is 10.9 Å². The number of benzene rings is 1. The van der Waals surface area contributed by atoms with Gasteiger partial charge in [0.1, 0.15) is 0 Å². The van der Waals surface area contributed by atoms with Crippen LogP contribution in [0.3, 0.4) is 0 Å². The average Bonchev–Trinajstić information content (AvgIpc) is 2.04. The molecule has 12 heavy (non-hydrogen) atoms. The molecule has 0 aliphatic rings. The van der Waals surface area contributed by atoms with E-state index in [0.717, 1.165) is 10.0 Å². The van der Waals surface area contributed by atoms with Gasteiger partial charge in [0.2, 0.25) is 4.69 Å². The van der Waals surface area contributed by atoms with Gasteiger partial charge in [-0.25, -0.2) is 0 Å². The number of hydrogen-bond acceptors (Lipinski definition) is 1. The second-order valence-electron chi connectivity index (χ2n) is 2.21. The van der Waals surface area contributed by atoms with Crippen molar-refractivity contribution in [3.8, 4) is 0 Å². The van der Waals surface area contributed by atoms with Gasteiger partial charge in [0, 0.05) is 15.4 Å². The highest BCUT2D eigenvalue weighted by molar-refractivity contribution is 9.18. The summed E-state index contributed by atoms with van der Waals surface area (Å²) in [5.74, 6) is 0. The first-order chi connectivity index (χ1) is 5.65. The minimum atomic E-state index is -0.0850. The second-order valence-corrected chi connectivity index (χ2v) is 4.41. The monoisotopic (exact) mass is 354 g/mol. The van der Waals surface area contributed by atoms with Crippen molar-refractivity contribution < 1.29 is 4.79 Å². The van der Waals surface area contributed by atoms with Crippen LogP contribution in [0.1, 0.15) is 15.9 Å². The Morgan fingerprint density at radius 1 is 1.42 bits per heavy atom. The fraction of sp³-hybridized carbons (Fsp3) is 0.125.